The van der Waals surface area contributed by atoms with Gasteiger partial charge in [-0.1, -0.05) is 18.2 Å². The van der Waals surface area contributed by atoms with Gasteiger partial charge in [-0.3, -0.25) is 9.79 Å². The molecule has 26 heavy (non-hydrogen) atoms. The number of nitrogens with zero attached hydrogens (tertiary/aromatic N) is 2. The number of fused-ring (bicyclic) bond motifs is 2. The molecule has 0 unspecified atom stereocenters. The standard InChI is InChI=1S/C20H14N4OS/c25-20(17-10-22-11-23-17)24-14-5-13-8-21-9-16(13)15(7-14)19-6-12-3-1-2-4-18(12)26-19/h1-8,10-11H,9H2,(H,22,23)(H,24,25). The summed E-state index contributed by atoms with van der Waals surface area (Å²) in [6, 6.07) is 14.6. The quantitative estimate of drug-likeness (QED) is 0.567. The van der Waals surface area contributed by atoms with Crippen molar-refractivity contribution in [2.24, 2.45) is 4.99 Å². The Bertz CT molecular complexity index is 1120. The highest BCUT2D eigenvalue weighted by atomic mass is 32.1. The highest BCUT2D eigenvalue weighted by Crippen LogP contribution is 2.39. The summed E-state index contributed by atoms with van der Waals surface area (Å²) in [7, 11) is 0. The number of imidazole rings is 1. The number of hydrogen-bond donors (Lipinski definition) is 2. The number of aromatic nitrogens is 2. The number of aromatic amines is 1. The molecule has 4 aromatic rings. The van der Waals surface area contributed by atoms with Gasteiger partial charge in [0.25, 0.3) is 5.91 Å². The van der Waals surface area contributed by atoms with E-state index >= 15 is 0 Å². The van der Waals surface area contributed by atoms with E-state index in [1.165, 1.54) is 33.1 Å². The Morgan fingerprint density at radius 2 is 2.12 bits per heavy atom. The molecule has 1 aliphatic rings. The molecule has 0 aliphatic carbocycles. The van der Waals surface area contributed by atoms with Crippen LogP contribution in [0.15, 0.2) is 60.0 Å². The Morgan fingerprint density at radius 3 is 2.96 bits per heavy atom. The van der Waals surface area contributed by atoms with E-state index in [2.05, 4.69) is 44.5 Å². The maximum atomic E-state index is 12.4. The van der Waals surface area contributed by atoms with Crippen molar-refractivity contribution >= 4 is 39.2 Å². The number of carbonyl (C=O) groups excluding carboxylic acids is 1. The molecule has 2 N–H and O–H groups in total. The molecule has 0 spiro atoms. The van der Waals surface area contributed by atoms with Crippen LogP contribution in [0.2, 0.25) is 0 Å². The minimum Gasteiger partial charge on any atom is -0.341 e. The molecule has 0 bridgehead atoms. The smallest absolute Gasteiger partial charge is 0.273 e. The number of carbonyl (C=O) groups is 1. The first-order chi connectivity index (χ1) is 12.8. The molecule has 1 aliphatic heterocycles. The van der Waals surface area contributed by atoms with E-state index in [4.69, 9.17) is 0 Å². The molecule has 0 atom stereocenters. The first-order valence-electron chi connectivity index (χ1n) is 8.23. The Hall–Kier alpha value is -3.25. The highest BCUT2D eigenvalue weighted by molar-refractivity contribution is 7.22. The maximum Gasteiger partial charge on any atom is 0.273 e. The highest BCUT2D eigenvalue weighted by Gasteiger charge is 2.18. The van der Waals surface area contributed by atoms with E-state index < -0.39 is 0 Å². The Morgan fingerprint density at radius 1 is 1.19 bits per heavy atom. The summed E-state index contributed by atoms with van der Waals surface area (Å²) < 4.78 is 1.25. The monoisotopic (exact) mass is 358 g/mol. The van der Waals surface area contributed by atoms with Crippen molar-refractivity contribution < 1.29 is 4.79 Å². The predicted molar refractivity (Wildman–Crippen MR) is 105 cm³/mol. The molecule has 6 heteroatoms. The lowest BCUT2D eigenvalue weighted by molar-refractivity contribution is 0.102. The largest absolute Gasteiger partial charge is 0.341 e. The van der Waals surface area contributed by atoms with Crippen LogP contribution in [0.1, 0.15) is 21.6 Å². The van der Waals surface area contributed by atoms with Crippen molar-refractivity contribution in [3.8, 4) is 10.4 Å². The van der Waals surface area contributed by atoms with Crippen molar-refractivity contribution in [2.75, 3.05) is 5.32 Å². The summed E-state index contributed by atoms with van der Waals surface area (Å²) in [4.78, 5) is 24.7. The zero-order chi connectivity index (χ0) is 17.5. The van der Waals surface area contributed by atoms with Crippen LogP contribution in [-0.4, -0.2) is 22.1 Å². The zero-order valence-corrected chi connectivity index (χ0v) is 14.5. The first-order valence-corrected chi connectivity index (χ1v) is 9.05. The lowest BCUT2D eigenvalue weighted by atomic mass is 10.0. The van der Waals surface area contributed by atoms with E-state index in [-0.39, 0.29) is 5.91 Å². The minimum atomic E-state index is -0.209. The SMILES string of the molecule is O=C(Nc1cc2c(c(-c3cc4ccccc4s3)c1)CN=C2)c1cnc[nH]1. The summed E-state index contributed by atoms with van der Waals surface area (Å²) >= 11 is 1.76. The summed E-state index contributed by atoms with van der Waals surface area (Å²) in [6.45, 7) is 0.674. The van der Waals surface area contributed by atoms with Gasteiger partial charge in [-0.2, -0.15) is 0 Å². The van der Waals surface area contributed by atoms with Gasteiger partial charge in [0.15, 0.2) is 0 Å². The van der Waals surface area contributed by atoms with Gasteiger partial charge in [-0.15, -0.1) is 11.3 Å². The number of H-pyrrole nitrogens is 1. The number of rotatable bonds is 3. The van der Waals surface area contributed by atoms with Crippen molar-refractivity contribution in [1.82, 2.24) is 9.97 Å². The van der Waals surface area contributed by atoms with Crippen LogP contribution in [0.4, 0.5) is 5.69 Å². The number of aliphatic imine (C=N–C) groups is 1. The second-order valence-corrected chi connectivity index (χ2v) is 7.21. The van der Waals surface area contributed by atoms with Gasteiger partial charge in [0.05, 0.1) is 19.1 Å². The fourth-order valence-electron chi connectivity index (χ4n) is 3.21. The molecule has 0 saturated heterocycles. The van der Waals surface area contributed by atoms with E-state index in [1.54, 1.807) is 11.3 Å². The zero-order valence-electron chi connectivity index (χ0n) is 13.7. The molecule has 5 nitrogen and oxygen atoms in total. The van der Waals surface area contributed by atoms with E-state index in [1.807, 2.05) is 24.4 Å². The fraction of sp³-hybridized carbons (Fsp3) is 0.0500. The molecule has 2 aromatic heterocycles. The molecular formula is C20H14N4OS. The Labute approximate surface area is 153 Å². The van der Waals surface area contributed by atoms with Crippen LogP contribution in [0, 0.1) is 0 Å². The number of amides is 1. The van der Waals surface area contributed by atoms with Crippen molar-refractivity contribution in [2.45, 2.75) is 6.54 Å². The number of anilines is 1. The number of nitrogens with one attached hydrogen (secondary N) is 2. The average Bonchev–Trinajstić information content (AvgIpc) is 3.39. The van der Waals surface area contributed by atoms with Crippen LogP contribution in [0.25, 0.3) is 20.5 Å². The molecule has 1 amide bonds. The molecular weight excluding hydrogens is 344 g/mol. The lowest BCUT2D eigenvalue weighted by Crippen LogP contribution is -2.12. The third-order valence-corrected chi connectivity index (χ3v) is 5.61. The fourth-order valence-corrected chi connectivity index (χ4v) is 4.31. The van der Waals surface area contributed by atoms with E-state index in [0.717, 1.165) is 16.8 Å². The van der Waals surface area contributed by atoms with Crippen LogP contribution < -0.4 is 5.32 Å². The topological polar surface area (TPSA) is 70.1 Å². The van der Waals surface area contributed by atoms with E-state index in [0.29, 0.717) is 12.2 Å². The summed E-state index contributed by atoms with van der Waals surface area (Å²) in [5, 5.41) is 4.18. The van der Waals surface area contributed by atoms with Crippen molar-refractivity contribution in [3.63, 3.8) is 0 Å². The van der Waals surface area contributed by atoms with Crippen LogP contribution in [0.3, 0.4) is 0 Å². The summed E-state index contributed by atoms with van der Waals surface area (Å²) in [5.41, 5.74) is 4.57. The molecule has 2 aromatic carbocycles. The lowest BCUT2D eigenvalue weighted by Gasteiger charge is -2.11. The average molecular weight is 358 g/mol. The van der Waals surface area contributed by atoms with E-state index in [9.17, 15) is 4.79 Å². The van der Waals surface area contributed by atoms with Crippen LogP contribution in [-0.2, 0) is 6.54 Å². The van der Waals surface area contributed by atoms with Gasteiger partial charge in [0.2, 0.25) is 0 Å². The van der Waals surface area contributed by atoms with Gasteiger partial charge in [0.1, 0.15) is 5.69 Å². The molecule has 0 radical (unpaired) electrons. The summed E-state index contributed by atoms with van der Waals surface area (Å²) in [5.74, 6) is -0.209. The Balaban J connectivity index is 1.59. The number of benzene rings is 2. The molecule has 5 rings (SSSR count). The third kappa shape index (κ3) is 2.51. The van der Waals surface area contributed by atoms with Crippen molar-refractivity contribution in [1.29, 1.82) is 0 Å². The van der Waals surface area contributed by atoms with Crippen LogP contribution >= 0.6 is 11.3 Å². The molecule has 3 heterocycles. The van der Waals surface area contributed by atoms with Crippen LogP contribution in [0.5, 0.6) is 0 Å². The predicted octanol–water partition coefficient (Wildman–Crippen LogP) is 4.48. The van der Waals surface area contributed by atoms with Gasteiger partial charge >= 0.3 is 0 Å². The molecule has 126 valence electrons. The van der Waals surface area contributed by atoms with Crippen molar-refractivity contribution in [3.05, 3.63) is 71.8 Å². The normalized spacial score (nSPS) is 12.5. The second kappa shape index (κ2) is 5.93. The van der Waals surface area contributed by atoms with Gasteiger partial charge in [-0.05, 0) is 40.8 Å². The molecule has 0 fully saturated rings. The Kier molecular flexibility index (Phi) is 3.43. The minimum absolute atomic E-state index is 0.209. The number of thiophene rings is 1. The van der Waals surface area contributed by atoms with Gasteiger partial charge in [0, 0.05) is 27.0 Å². The van der Waals surface area contributed by atoms with Gasteiger partial charge in [-0.25, -0.2) is 4.98 Å². The second-order valence-electron chi connectivity index (χ2n) is 6.13. The van der Waals surface area contributed by atoms with Gasteiger partial charge < -0.3 is 10.3 Å². The third-order valence-electron chi connectivity index (χ3n) is 4.46. The number of hydrogen-bond acceptors (Lipinski definition) is 4. The summed E-state index contributed by atoms with van der Waals surface area (Å²) in [6.07, 6.45) is 4.88. The maximum absolute atomic E-state index is 12.4. The first kappa shape index (κ1) is 15.0. The molecule has 0 saturated carbocycles.